The van der Waals surface area contributed by atoms with Gasteiger partial charge in [-0.3, -0.25) is 4.79 Å². The van der Waals surface area contributed by atoms with Gasteiger partial charge in [-0.2, -0.15) is 0 Å². The van der Waals surface area contributed by atoms with Crippen LogP contribution in [0.1, 0.15) is 5.69 Å². The van der Waals surface area contributed by atoms with E-state index in [4.69, 9.17) is 5.11 Å². The Morgan fingerprint density at radius 1 is 1.57 bits per heavy atom. The minimum atomic E-state index is -0.587. The molecule has 1 aromatic heterocycles. The van der Waals surface area contributed by atoms with Gasteiger partial charge >= 0.3 is 5.90 Å². The molecule has 0 saturated heterocycles. The molecule has 1 rings (SSSR count). The summed E-state index contributed by atoms with van der Waals surface area (Å²) >= 11 is 0. The van der Waals surface area contributed by atoms with E-state index in [1.54, 1.807) is 0 Å². The highest BCUT2D eigenvalue weighted by atomic mass is 16.3. The molecule has 5 N–H and O–H groups in total. The Kier molecular flexibility index (Phi) is 3.24. The van der Waals surface area contributed by atoms with E-state index in [9.17, 15) is 15.0 Å². The van der Waals surface area contributed by atoms with Crippen molar-refractivity contribution in [2.45, 2.75) is 0 Å². The molecule has 0 spiro atoms. The van der Waals surface area contributed by atoms with Crippen molar-refractivity contribution in [3.05, 3.63) is 28.2 Å². The zero-order valence-electron chi connectivity index (χ0n) is 7.32. The Balaban J connectivity index is 3.07. The highest BCUT2D eigenvalue weighted by molar-refractivity contribution is 5.88. The van der Waals surface area contributed by atoms with Gasteiger partial charge in [0.25, 0.3) is 0 Å². The molecule has 0 bridgehead atoms. The Morgan fingerprint density at radius 2 is 2.29 bits per heavy atom. The van der Waals surface area contributed by atoms with E-state index in [1.807, 2.05) is 0 Å². The van der Waals surface area contributed by atoms with E-state index >= 15 is 0 Å². The van der Waals surface area contributed by atoms with Gasteiger partial charge in [0, 0.05) is 12.3 Å². The fraction of sp³-hybridized carbons (Fsp3) is 0.250. The molecule has 0 aliphatic heterocycles. The first kappa shape index (κ1) is 10.3. The first-order valence-electron chi connectivity index (χ1n) is 3.98. The van der Waals surface area contributed by atoms with E-state index in [1.165, 1.54) is 6.20 Å². The number of aromatic amines is 1. The molecule has 6 heteroatoms. The van der Waals surface area contributed by atoms with Crippen molar-refractivity contribution in [1.82, 2.24) is 4.98 Å². The lowest BCUT2D eigenvalue weighted by Crippen LogP contribution is -2.74. The predicted molar refractivity (Wildman–Crippen MR) is 48.4 cm³/mol. The lowest BCUT2D eigenvalue weighted by molar-refractivity contribution is -0.468. The van der Waals surface area contributed by atoms with Crippen molar-refractivity contribution >= 4 is 5.90 Å². The molecule has 0 aliphatic rings. The van der Waals surface area contributed by atoms with Crippen LogP contribution in [0.2, 0.25) is 0 Å². The molecule has 1 heterocycles. The van der Waals surface area contributed by atoms with Gasteiger partial charge in [-0.15, -0.1) is 0 Å². The van der Waals surface area contributed by atoms with Crippen molar-refractivity contribution in [2.75, 3.05) is 13.2 Å². The van der Waals surface area contributed by atoms with Crippen LogP contribution in [0, 0.1) is 0 Å². The first-order valence-corrected chi connectivity index (χ1v) is 3.98. The van der Waals surface area contributed by atoms with Gasteiger partial charge in [0.2, 0.25) is 5.43 Å². The van der Waals surface area contributed by atoms with Gasteiger partial charge in [-0.05, 0) is 0 Å². The van der Waals surface area contributed by atoms with Gasteiger partial charge in [0.05, 0.1) is 0 Å². The molecule has 1 aromatic rings. The Hall–Kier alpha value is -1.82. The van der Waals surface area contributed by atoms with Gasteiger partial charge in [-0.1, -0.05) is 0 Å². The Labute approximate surface area is 79.2 Å². The van der Waals surface area contributed by atoms with Crippen molar-refractivity contribution < 1.29 is 20.3 Å². The van der Waals surface area contributed by atoms with E-state index in [0.717, 1.165) is 6.07 Å². The number of nitrogens with one attached hydrogen (secondary N) is 2. The van der Waals surface area contributed by atoms with Gasteiger partial charge in [-0.25, -0.2) is 4.99 Å². The Bertz CT molecular complexity index is 397. The Morgan fingerprint density at radius 3 is 2.93 bits per heavy atom. The van der Waals surface area contributed by atoms with Gasteiger partial charge in [0.15, 0.2) is 18.0 Å². The number of aliphatic hydroxyl groups excluding tert-OH is 2. The SMILES string of the molecule is O=c1cc[nH]c(C(O)=[NH+]CCO)c1O. The molecular weight excluding hydrogens is 188 g/mol. The third kappa shape index (κ3) is 2.11. The largest absolute Gasteiger partial charge is 0.502 e. The second kappa shape index (κ2) is 4.43. The molecule has 0 fully saturated rings. The fourth-order valence-electron chi connectivity index (χ4n) is 0.914. The smallest absolute Gasteiger partial charge is 0.386 e. The van der Waals surface area contributed by atoms with Crippen LogP contribution in [0.25, 0.3) is 0 Å². The van der Waals surface area contributed by atoms with Crippen LogP contribution in [-0.4, -0.2) is 39.4 Å². The molecule has 6 nitrogen and oxygen atoms in total. The number of hydrogen-bond acceptors (Lipinski definition) is 3. The maximum absolute atomic E-state index is 10.9. The summed E-state index contributed by atoms with van der Waals surface area (Å²) in [5, 5.41) is 27.0. The van der Waals surface area contributed by atoms with E-state index in [0.29, 0.717) is 0 Å². The summed E-state index contributed by atoms with van der Waals surface area (Å²) < 4.78 is 0. The van der Waals surface area contributed by atoms with Crippen molar-refractivity contribution in [3.8, 4) is 5.75 Å². The second-order valence-corrected chi connectivity index (χ2v) is 2.56. The lowest BCUT2D eigenvalue weighted by atomic mass is 10.3. The summed E-state index contributed by atoms with van der Waals surface area (Å²) in [5.41, 5.74) is -0.679. The van der Waals surface area contributed by atoms with Gasteiger partial charge < -0.3 is 20.3 Å². The average Bonchev–Trinajstić information content (AvgIpc) is 2.18. The highest BCUT2D eigenvalue weighted by Crippen LogP contribution is 2.04. The van der Waals surface area contributed by atoms with E-state index < -0.39 is 11.2 Å². The first-order chi connectivity index (χ1) is 6.66. The fourth-order valence-corrected chi connectivity index (χ4v) is 0.914. The minimum Gasteiger partial charge on any atom is -0.502 e. The van der Waals surface area contributed by atoms with Crippen LogP contribution < -0.4 is 10.4 Å². The van der Waals surface area contributed by atoms with Crippen LogP contribution in [0.4, 0.5) is 0 Å². The maximum Gasteiger partial charge on any atom is 0.386 e. The standard InChI is InChI=1S/C8H10N2O4/c11-4-3-10-8(14)6-7(13)5(12)1-2-9-6/h1-2,11,13H,3-4H2,(H,9,12)(H,10,14)/p+1. The summed E-state index contributed by atoms with van der Waals surface area (Å²) in [5.74, 6) is -0.940. The van der Waals surface area contributed by atoms with Crippen LogP contribution in [0.5, 0.6) is 5.75 Å². The third-order valence-corrected chi connectivity index (χ3v) is 1.57. The van der Waals surface area contributed by atoms with E-state index in [-0.39, 0.29) is 24.7 Å². The van der Waals surface area contributed by atoms with Crippen molar-refractivity contribution in [2.24, 2.45) is 0 Å². The number of aromatic nitrogens is 1. The molecule has 0 aliphatic carbocycles. The molecule has 0 atom stereocenters. The summed E-state index contributed by atoms with van der Waals surface area (Å²) in [6.45, 7) is -0.0376. The van der Waals surface area contributed by atoms with Crippen LogP contribution in [-0.2, 0) is 0 Å². The number of aromatic hydroxyl groups is 1. The molecule has 0 radical (unpaired) electrons. The second-order valence-electron chi connectivity index (χ2n) is 2.56. The highest BCUT2D eigenvalue weighted by Gasteiger charge is 2.15. The zero-order chi connectivity index (χ0) is 10.6. The number of aliphatic hydroxyl groups is 2. The zero-order valence-corrected chi connectivity index (χ0v) is 7.32. The summed E-state index contributed by atoms with van der Waals surface area (Å²) in [4.78, 5) is 15.9. The maximum atomic E-state index is 10.9. The summed E-state index contributed by atoms with van der Waals surface area (Å²) in [7, 11) is 0. The lowest BCUT2D eigenvalue weighted by Gasteiger charge is -1.96. The quantitative estimate of drug-likeness (QED) is 0.273. The third-order valence-electron chi connectivity index (χ3n) is 1.57. The molecule has 76 valence electrons. The van der Waals surface area contributed by atoms with Gasteiger partial charge in [0.1, 0.15) is 6.61 Å². The number of rotatable bonds is 3. The van der Waals surface area contributed by atoms with Crippen molar-refractivity contribution in [1.29, 1.82) is 0 Å². The molecule has 14 heavy (non-hydrogen) atoms. The van der Waals surface area contributed by atoms with Crippen molar-refractivity contribution in [3.63, 3.8) is 0 Å². The minimum absolute atomic E-state index is 0.0917. The molecule has 0 amide bonds. The van der Waals surface area contributed by atoms with Crippen LogP contribution >= 0.6 is 0 Å². The summed E-state index contributed by atoms with van der Waals surface area (Å²) in [6, 6.07) is 1.14. The van der Waals surface area contributed by atoms with Crippen LogP contribution in [0.15, 0.2) is 17.1 Å². The number of hydrogen-bond donors (Lipinski definition) is 5. The molecular formula is C8H11N2O4+. The van der Waals surface area contributed by atoms with E-state index in [2.05, 4.69) is 9.98 Å². The number of pyridine rings is 1. The molecule has 0 saturated carbocycles. The van der Waals surface area contributed by atoms with Crippen LogP contribution in [0.3, 0.4) is 0 Å². The average molecular weight is 199 g/mol. The molecule has 0 aromatic carbocycles. The monoisotopic (exact) mass is 199 g/mol. The normalized spacial score (nSPS) is 11.6. The predicted octanol–water partition coefficient (Wildman–Crippen LogP) is -2.54. The molecule has 0 unspecified atom stereocenters. The topological polar surface area (TPSA) is 108 Å². The summed E-state index contributed by atoms with van der Waals surface area (Å²) in [6.07, 6.45) is 1.30. The number of H-pyrrole nitrogens is 1.